The molecule has 0 aliphatic rings. The standard InChI is InChI=1S/C27H21N3O3/c31-24(17-30-26(32)22-14-6-7-16-23(22)28-27(30)33)29-25(19-10-2-1-3-11-19)21-15-8-12-18-9-4-5-13-20(18)21/h1-16,25H,17H2,(H,28,33)(H,29,31). The number of carbonyl (C=O) groups is 1. The van der Waals surface area contributed by atoms with Gasteiger partial charge in [-0.05, 0) is 34.0 Å². The zero-order valence-corrected chi connectivity index (χ0v) is 17.7. The van der Waals surface area contributed by atoms with E-state index in [9.17, 15) is 14.4 Å². The van der Waals surface area contributed by atoms with Crippen molar-refractivity contribution in [1.29, 1.82) is 0 Å². The number of hydrogen-bond donors (Lipinski definition) is 2. The molecule has 5 aromatic rings. The van der Waals surface area contributed by atoms with Crippen molar-refractivity contribution in [2.24, 2.45) is 0 Å². The first kappa shape index (κ1) is 20.5. The third-order valence-corrected chi connectivity index (χ3v) is 5.76. The fraction of sp³-hybridized carbons (Fsp3) is 0.0741. The van der Waals surface area contributed by atoms with Crippen molar-refractivity contribution in [3.8, 4) is 0 Å². The predicted octanol–water partition coefficient (Wildman–Crippen LogP) is 3.75. The maximum absolute atomic E-state index is 13.1. The Morgan fingerprint density at radius 2 is 1.45 bits per heavy atom. The van der Waals surface area contributed by atoms with Crippen LogP contribution in [0.2, 0.25) is 0 Å². The minimum absolute atomic E-state index is 0.360. The Bertz CT molecular complexity index is 1580. The van der Waals surface area contributed by atoms with Gasteiger partial charge in [-0.1, -0.05) is 84.9 Å². The van der Waals surface area contributed by atoms with E-state index in [2.05, 4.69) is 10.3 Å². The van der Waals surface area contributed by atoms with Crippen LogP contribution in [0.1, 0.15) is 17.2 Å². The number of para-hydroxylation sites is 1. The number of benzene rings is 4. The first-order chi connectivity index (χ1) is 16.1. The molecular weight excluding hydrogens is 414 g/mol. The van der Waals surface area contributed by atoms with Gasteiger partial charge < -0.3 is 10.3 Å². The topological polar surface area (TPSA) is 84.0 Å². The van der Waals surface area contributed by atoms with Gasteiger partial charge >= 0.3 is 5.69 Å². The number of rotatable bonds is 5. The van der Waals surface area contributed by atoms with E-state index in [4.69, 9.17) is 0 Å². The molecule has 33 heavy (non-hydrogen) atoms. The first-order valence-electron chi connectivity index (χ1n) is 10.7. The highest BCUT2D eigenvalue weighted by atomic mass is 16.2. The summed E-state index contributed by atoms with van der Waals surface area (Å²) in [4.78, 5) is 41.2. The molecule has 6 nitrogen and oxygen atoms in total. The van der Waals surface area contributed by atoms with E-state index in [0.717, 1.165) is 26.5 Å². The Labute approximate surface area is 189 Å². The van der Waals surface area contributed by atoms with Crippen LogP contribution in [0, 0.1) is 0 Å². The predicted molar refractivity (Wildman–Crippen MR) is 129 cm³/mol. The molecule has 4 aromatic carbocycles. The lowest BCUT2D eigenvalue weighted by Crippen LogP contribution is -2.41. The zero-order chi connectivity index (χ0) is 22.8. The number of fused-ring (bicyclic) bond motifs is 2. The summed E-state index contributed by atoms with van der Waals surface area (Å²) >= 11 is 0. The maximum Gasteiger partial charge on any atom is 0.329 e. The quantitative estimate of drug-likeness (QED) is 0.441. The monoisotopic (exact) mass is 435 g/mol. The molecule has 1 unspecified atom stereocenters. The summed E-state index contributed by atoms with van der Waals surface area (Å²) in [6, 6.07) is 29.9. The smallest absolute Gasteiger partial charge is 0.329 e. The highest BCUT2D eigenvalue weighted by Gasteiger charge is 2.20. The average Bonchev–Trinajstić information content (AvgIpc) is 2.85. The van der Waals surface area contributed by atoms with Crippen LogP contribution in [-0.2, 0) is 11.3 Å². The second kappa shape index (κ2) is 8.59. The zero-order valence-electron chi connectivity index (χ0n) is 17.7. The fourth-order valence-corrected chi connectivity index (χ4v) is 4.18. The van der Waals surface area contributed by atoms with Crippen LogP contribution >= 0.6 is 0 Å². The highest BCUT2D eigenvalue weighted by molar-refractivity contribution is 5.87. The number of hydrogen-bond acceptors (Lipinski definition) is 3. The molecule has 0 saturated heterocycles. The average molecular weight is 435 g/mol. The minimum atomic E-state index is -0.615. The van der Waals surface area contributed by atoms with Crippen LogP contribution in [0.4, 0.5) is 0 Å². The second-order valence-corrected chi connectivity index (χ2v) is 7.85. The van der Waals surface area contributed by atoms with Gasteiger partial charge in [-0.3, -0.25) is 14.2 Å². The number of amides is 1. The Kier molecular flexibility index (Phi) is 5.32. The molecule has 0 aliphatic heterocycles. The summed E-state index contributed by atoms with van der Waals surface area (Å²) < 4.78 is 0.933. The van der Waals surface area contributed by atoms with Crippen molar-refractivity contribution in [3.63, 3.8) is 0 Å². The lowest BCUT2D eigenvalue weighted by Gasteiger charge is -2.22. The van der Waals surface area contributed by atoms with E-state index in [1.807, 2.05) is 72.8 Å². The Morgan fingerprint density at radius 1 is 0.788 bits per heavy atom. The van der Waals surface area contributed by atoms with Gasteiger partial charge in [0.1, 0.15) is 6.54 Å². The van der Waals surface area contributed by atoms with E-state index in [1.165, 1.54) is 0 Å². The largest absolute Gasteiger partial charge is 0.344 e. The van der Waals surface area contributed by atoms with Crippen molar-refractivity contribution in [1.82, 2.24) is 14.9 Å². The minimum Gasteiger partial charge on any atom is -0.344 e. The van der Waals surface area contributed by atoms with E-state index >= 15 is 0 Å². The molecule has 5 rings (SSSR count). The molecule has 1 amide bonds. The van der Waals surface area contributed by atoms with Gasteiger partial charge in [-0.25, -0.2) is 4.79 Å². The molecule has 1 heterocycles. The van der Waals surface area contributed by atoms with Gasteiger partial charge in [-0.15, -0.1) is 0 Å². The van der Waals surface area contributed by atoms with Crippen LogP contribution in [0.15, 0.2) is 107 Å². The molecular formula is C27H21N3O3. The fourth-order valence-electron chi connectivity index (χ4n) is 4.18. The van der Waals surface area contributed by atoms with Crippen LogP contribution in [-0.4, -0.2) is 15.5 Å². The van der Waals surface area contributed by atoms with E-state index in [1.54, 1.807) is 24.3 Å². The molecule has 1 atom stereocenters. The normalized spacial score (nSPS) is 12.0. The Balaban J connectivity index is 1.53. The van der Waals surface area contributed by atoms with Crippen LogP contribution < -0.4 is 16.6 Å². The van der Waals surface area contributed by atoms with Crippen molar-refractivity contribution in [2.45, 2.75) is 12.6 Å². The van der Waals surface area contributed by atoms with Crippen molar-refractivity contribution >= 4 is 27.6 Å². The SMILES string of the molecule is O=C(Cn1c(=O)[nH]c2ccccc2c1=O)NC(c1ccccc1)c1cccc2ccccc12. The number of nitrogens with one attached hydrogen (secondary N) is 2. The lowest BCUT2D eigenvalue weighted by molar-refractivity contribution is -0.122. The van der Waals surface area contributed by atoms with Gasteiger partial charge in [0, 0.05) is 0 Å². The maximum atomic E-state index is 13.1. The molecule has 0 bridgehead atoms. The summed E-state index contributed by atoms with van der Waals surface area (Å²) in [6.45, 7) is -0.382. The highest BCUT2D eigenvalue weighted by Crippen LogP contribution is 2.29. The summed E-state index contributed by atoms with van der Waals surface area (Å²) in [6.07, 6.45) is 0. The van der Waals surface area contributed by atoms with Gasteiger partial charge in [0.25, 0.3) is 5.56 Å². The summed E-state index contributed by atoms with van der Waals surface area (Å²) in [7, 11) is 0. The number of H-pyrrole nitrogens is 1. The van der Waals surface area contributed by atoms with Crippen LogP contribution in [0.5, 0.6) is 0 Å². The van der Waals surface area contributed by atoms with Crippen LogP contribution in [0.25, 0.3) is 21.7 Å². The molecule has 0 aliphatic carbocycles. The third-order valence-electron chi connectivity index (χ3n) is 5.76. The third kappa shape index (κ3) is 3.94. The van der Waals surface area contributed by atoms with Gasteiger partial charge in [-0.2, -0.15) is 0 Å². The number of aromatic nitrogens is 2. The van der Waals surface area contributed by atoms with Crippen molar-refractivity contribution < 1.29 is 4.79 Å². The molecule has 0 radical (unpaired) electrons. The molecule has 1 aromatic heterocycles. The number of carbonyl (C=O) groups excluding carboxylic acids is 1. The molecule has 162 valence electrons. The summed E-state index contributed by atoms with van der Waals surface area (Å²) in [5, 5.41) is 5.49. The number of nitrogens with zero attached hydrogens (tertiary/aromatic N) is 1. The molecule has 0 spiro atoms. The molecule has 6 heteroatoms. The summed E-state index contributed by atoms with van der Waals surface area (Å²) in [5.41, 5.74) is 1.18. The van der Waals surface area contributed by atoms with Gasteiger partial charge in [0.05, 0.1) is 16.9 Å². The molecule has 0 fully saturated rings. The van der Waals surface area contributed by atoms with Crippen LogP contribution in [0.3, 0.4) is 0 Å². The molecule has 0 saturated carbocycles. The van der Waals surface area contributed by atoms with Gasteiger partial charge in [0.15, 0.2) is 0 Å². The summed E-state index contributed by atoms with van der Waals surface area (Å²) in [5.74, 6) is -0.431. The van der Waals surface area contributed by atoms with E-state index in [-0.39, 0.29) is 6.54 Å². The van der Waals surface area contributed by atoms with E-state index in [0.29, 0.717) is 10.9 Å². The molecule has 2 N–H and O–H groups in total. The first-order valence-corrected chi connectivity index (χ1v) is 10.7. The second-order valence-electron chi connectivity index (χ2n) is 7.85. The number of aromatic amines is 1. The van der Waals surface area contributed by atoms with Crippen molar-refractivity contribution in [2.75, 3.05) is 0 Å². The Morgan fingerprint density at radius 3 is 2.27 bits per heavy atom. The Hall–Kier alpha value is -4.45. The van der Waals surface area contributed by atoms with E-state index < -0.39 is 23.2 Å². The van der Waals surface area contributed by atoms with Gasteiger partial charge in [0.2, 0.25) is 5.91 Å². The lowest BCUT2D eigenvalue weighted by atomic mass is 9.93. The van der Waals surface area contributed by atoms with Crippen molar-refractivity contribution in [3.05, 3.63) is 129 Å².